The van der Waals surface area contributed by atoms with E-state index in [0.717, 1.165) is 5.56 Å². The lowest BCUT2D eigenvalue weighted by Gasteiger charge is -2.04. The molecule has 0 aromatic heterocycles. The average Bonchev–Trinajstić information content (AvgIpc) is 2.78. The normalized spacial score (nSPS) is 10.8. The van der Waals surface area contributed by atoms with Crippen LogP contribution in [0, 0.1) is 0 Å². The fourth-order valence-electron chi connectivity index (χ4n) is 2.45. The molecule has 2 rings (SSSR count). The van der Waals surface area contributed by atoms with Crippen molar-refractivity contribution >= 4 is 24.1 Å². The Kier molecular flexibility index (Phi) is 10.9. The zero-order valence-corrected chi connectivity index (χ0v) is 18.5. The van der Waals surface area contributed by atoms with Gasteiger partial charge in [0.25, 0.3) is 0 Å². The number of rotatable bonds is 8. The van der Waals surface area contributed by atoms with Crippen LogP contribution in [-0.2, 0) is 14.3 Å². The van der Waals surface area contributed by atoms with Gasteiger partial charge < -0.3 is 29.5 Å². The number of esters is 1. The van der Waals surface area contributed by atoms with Crippen LogP contribution >= 0.6 is 0 Å². The van der Waals surface area contributed by atoms with Crippen molar-refractivity contribution in [3.05, 3.63) is 59.2 Å². The summed E-state index contributed by atoms with van der Waals surface area (Å²) >= 11 is 0. The molecule has 0 saturated heterocycles. The third-order valence-electron chi connectivity index (χ3n) is 4.10. The summed E-state index contributed by atoms with van der Waals surface area (Å²) in [6.45, 7) is 3.87. The fourth-order valence-corrected chi connectivity index (χ4v) is 2.45. The van der Waals surface area contributed by atoms with Crippen molar-refractivity contribution in [1.82, 2.24) is 0 Å². The molecule has 0 unspecified atom stereocenters. The highest BCUT2D eigenvalue weighted by molar-refractivity contribution is 5.92. The second-order valence-electron chi connectivity index (χ2n) is 6.28. The van der Waals surface area contributed by atoms with E-state index in [2.05, 4.69) is 0 Å². The van der Waals surface area contributed by atoms with Gasteiger partial charge in [0.2, 0.25) is 0 Å². The standard InChI is InChI=1S/2C12H14O4/c1-3-16-12(14)7-5-9-4-6-10(13)11(8-9)15-2;1-3-9(12(14)15)6-8-4-5-10(13)11(7-8)16-2/h4-8,13H,3H2,1-2H3;4-7,13H,3H2,1-2H3,(H,14,15)/b7-5+;. The largest absolute Gasteiger partial charge is 0.504 e. The molecule has 0 spiro atoms. The molecule has 8 heteroatoms. The lowest BCUT2D eigenvalue weighted by atomic mass is 10.1. The number of methoxy groups -OCH3 is 2. The summed E-state index contributed by atoms with van der Waals surface area (Å²) < 4.78 is 14.6. The van der Waals surface area contributed by atoms with Crippen LogP contribution in [0.4, 0.5) is 0 Å². The fraction of sp³-hybridized carbons (Fsp3) is 0.250. The van der Waals surface area contributed by atoms with Crippen LogP contribution in [0.2, 0.25) is 0 Å². The summed E-state index contributed by atoms with van der Waals surface area (Å²) in [5.41, 5.74) is 1.75. The van der Waals surface area contributed by atoms with Crippen LogP contribution in [-0.4, -0.2) is 48.1 Å². The van der Waals surface area contributed by atoms with E-state index in [1.165, 1.54) is 32.4 Å². The summed E-state index contributed by atoms with van der Waals surface area (Å²) in [7, 11) is 2.91. The van der Waals surface area contributed by atoms with E-state index in [-0.39, 0.29) is 11.5 Å². The van der Waals surface area contributed by atoms with E-state index in [9.17, 15) is 19.8 Å². The lowest BCUT2D eigenvalue weighted by Crippen LogP contribution is -1.98. The molecule has 8 nitrogen and oxygen atoms in total. The average molecular weight is 444 g/mol. The molecule has 3 N–H and O–H groups in total. The number of hydrogen-bond acceptors (Lipinski definition) is 7. The van der Waals surface area contributed by atoms with Gasteiger partial charge in [-0.25, -0.2) is 9.59 Å². The van der Waals surface area contributed by atoms with Crippen molar-refractivity contribution in [2.45, 2.75) is 20.3 Å². The molecule has 2 aromatic rings. The first-order chi connectivity index (χ1) is 15.2. The zero-order chi connectivity index (χ0) is 24.1. The van der Waals surface area contributed by atoms with Crippen LogP contribution in [0.3, 0.4) is 0 Å². The van der Waals surface area contributed by atoms with Gasteiger partial charge >= 0.3 is 11.9 Å². The third kappa shape index (κ3) is 8.43. The minimum Gasteiger partial charge on any atom is -0.504 e. The molecule has 0 amide bonds. The molecule has 0 radical (unpaired) electrons. The number of benzene rings is 2. The number of carbonyl (C=O) groups excluding carboxylic acids is 1. The first-order valence-corrected chi connectivity index (χ1v) is 9.78. The summed E-state index contributed by atoms with van der Waals surface area (Å²) in [5, 5.41) is 27.6. The molecule has 0 aliphatic carbocycles. The zero-order valence-electron chi connectivity index (χ0n) is 18.5. The molecule has 2 aromatic carbocycles. The quantitative estimate of drug-likeness (QED) is 0.408. The van der Waals surface area contributed by atoms with E-state index >= 15 is 0 Å². The van der Waals surface area contributed by atoms with Gasteiger partial charge in [-0.15, -0.1) is 0 Å². The Hall–Kier alpha value is -3.94. The molecule has 172 valence electrons. The van der Waals surface area contributed by atoms with Crippen molar-refractivity contribution in [1.29, 1.82) is 0 Å². The Labute approximate surface area is 187 Å². The van der Waals surface area contributed by atoms with Crippen LogP contribution in [0.5, 0.6) is 23.0 Å². The molecular formula is C24H28O8. The van der Waals surface area contributed by atoms with E-state index < -0.39 is 11.9 Å². The SMILES string of the molecule is CCC(=Cc1ccc(O)c(OC)c1)C(=O)O.CCOC(=O)/C=C/c1ccc(O)c(OC)c1. The summed E-state index contributed by atoms with van der Waals surface area (Å²) in [5.74, 6) is -0.534. The van der Waals surface area contributed by atoms with Crippen LogP contribution in [0.1, 0.15) is 31.4 Å². The minimum absolute atomic E-state index is 0.0352. The van der Waals surface area contributed by atoms with Crippen molar-refractivity contribution < 1.29 is 39.1 Å². The van der Waals surface area contributed by atoms with E-state index in [0.29, 0.717) is 35.7 Å². The number of aliphatic carboxylic acids is 1. The van der Waals surface area contributed by atoms with Crippen molar-refractivity contribution in [2.24, 2.45) is 0 Å². The maximum atomic E-state index is 11.0. The Balaban J connectivity index is 0.000000320. The second kappa shape index (κ2) is 13.4. The van der Waals surface area contributed by atoms with Crippen LogP contribution in [0.25, 0.3) is 12.2 Å². The number of phenols is 2. The Morgan fingerprint density at radius 1 is 0.906 bits per heavy atom. The van der Waals surface area contributed by atoms with Gasteiger partial charge in [-0.2, -0.15) is 0 Å². The molecule has 0 saturated carbocycles. The number of phenolic OH excluding ortho intramolecular Hbond substituents is 2. The smallest absolute Gasteiger partial charge is 0.331 e. The summed E-state index contributed by atoms with van der Waals surface area (Å²) in [4.78, 5) is 21.9. The highest BCUT2D eigenvalue weighted by Gasteiger charge is 2.06. The monoisotopic (exact) mass is 444 g/mol. The van der Waals surface area contributed by atoms with Gasteiger partial charge in [0.15, 0.2) is 23.0 Å². The highest BCUT2D eigenvalue weighted by atomic mass is 16.5. The van der Waals surface area contributed by atoms with Crippen molar-refractivity contribution in [3.63, 3.8) is 0 Å². The maximum absolute atomic E-state index is 11.0. The van der Waals surface area contributed by atoms with E-state index in [1.54, 1.807) is 50.3 Å². The number of hydrogen-bond donors (Lipinski definition) is 3. The Morgan fingerprint density at radius 3 is 1.91 bits per heavy atom. The Bertz CT molecular complexity index is 974. The third-order valence-corrected chi connectivity index (χ3v) is 4.10. The molecule has 0 heterocycles. The second-order valence-corrected chi connectivity index (χ2v) is 6.28. The molecule has 0 atom stereocenters. The molecule has 32 heavy (non-hydrogen) atoms. The van der Waals surface area contributed by atoms with Gasteiger partial charge in [0.05, 0.1) is 20.8 Å². The van der Waals surface area contributed by atoms with Crippen molar-refractivity contribution in [2.75, 3.05) is 20.8 Å². The number of carbonyl (C=O) groups is 2. The van der Waals surface area contributed by atoms with E-state index in [4.69, 9.17) is 19.3 Å². The highest BCUT2D eigenvalue weighted by Crippen LogP contribution is 2.28. The lowest BCUT2D eigenvalue weighted by molar-refractivity contribution is -0.137. The maximum Gasteiger partial charge on any atom is 0.331 e. The predicted molar refractivity (Wildman–Crippen MR) is 121 cm³/mol. The molecule has 0 aliphatic rings. The number of carboxylic acids is 1. The molecule has 0 bridgehead atoms. The van der Waals surface area contributed by atoms with Crippen molar-refractivity contribution in [3.8, 4) is 23.0 Å². The van der Waals surface area contributed by atoms with E-state index in [1.807, 2.05) is 0 Å². The number of carboxylic acid groups (broad SMARTS) is 1. The van der Waals surface area contributed by atoms with Crippen LogP contribution in [0.15, 0.2) is 48.0 Å². The summed E-state index contributed by atoms with van der Waals surface area (Å²) in [6.07, 6.45) is 4.93. The first kappa shape index (κ1) is 26.1. The number of ether oxygens (including phenoxy) is 3. The molecule has 0 fully saturated rings. The van der Waals surface area contributed by atoms with Gasteiger partial charge in [-0.1, -0.05) is 19.1 Å². The van der Waals surface area contributed by atoms with Gasteiger partial charge in [0, 0.05) is 11.6 Å². The van der Waals surface area contributed by atoms with Crippen LogP contribution < -0.4 is 9.47 Å². The predicted octanol–water partition coefficient (Wildman–Crippen LogP) is 4.26. The number of aromatic hydroxyl groups is 2. The van der Waals surface area contributed by atoms with Gasteiger partial charge in [0.1, 0.15) is 0 Å². The molecule has 0 aliphatic heterocycles. The molecular weight excluding hydrogens is 416 g/mol. The minimum atomic E-state index is -0.936. The van der Waals surface area contributed by atoms with Gasteiger partial charge in [-0.3, -0.25) is 0 Å². The topological polar surface area (TPSA) is 123 Å². The Morgan fingerprint density at radius 2 is 1.44 bits per heavy atom. The first-order valence-electron chi connectivity index (χ1n) is 9.78. The summed E-state index contributed by atoms with van der Waals surface area (Å²) in [6, 6.07) is 9.51. The van der Waals surface area contributed by atoms with Gasteiger partial charge in [-0.05, 0) is 60.9 Å².